The Bertz CT molecular complexity index is 1130. The van der Waals surface area contributed by atoms with E-state index in [1.54, 1.807) is 16.4 Å². The number of hydrogen-bond acceptors (Lipinski definition) is 5. The third-order valence-electron chi connectivity index (χ3n) is 6.93. The zero-order valence-electron chi connectivity index (χ0n) is 20.2. The first-order valence-corrected chi connectivity index (χ1v) is 14.0. The van der Waals surface area contributed by atoms with E-state index in [1.165, 1.54) is 5.56 Å². The molecule has 2 saturated heterocycles. The molecule has 35 heavy (non-hydrogen) atoms. The molecule has 0 spiro atoms. The smallest absolute Gasteiger partial charge is 0.243 e. The van der Waals surface area contributed by atoms with Gasteiger partial charge in [0.2, 0.25) is 15.9 Å². The molecule has 0 saturated carbocycles. The highest BCUT2D eigenvalue weighted by atomic mass is 32.2. The fourth-order valence-electron chi connectivity index (χ4n) is 4.81. The highest BCUT2D eigenvalue weighted by Crippen LogP contribution is 2.21. The minimum atomic E-state index is -3.42. The van der Waals surface area contributed by atoms with Crippen LogP contribution in [-0.4, -0.2) is 67.7 Å². The van der Waals surface area contributed by atoms with Crippen LogP contribution < -0.4 is 0 Å². The number of aryl methyl sites for hydroxylation is 1. The molecular weight excluding hydrogens is 460 g/mol. The zero-order chi connectivity index (χ0) is 24.7. The number of piperidine rings is 1. The van der Waals surface area contributed by atoms with E-state index in [2.05, 4.69) is 11.0 Å². The second-order valence-electron chi connectivity index (χ2n) is 9.43. The third kappa shape index (κ3) is 6.69. The Kier molecular flexibility index (Phi) is 8.55. The predicted octanol–water partition coefficient (Wildman–Crippen LogP) is 3.40. The van der Waals surface area contributed by atoms with Gasteiger partial charge in [-0.15, -0.1) is 0 Å². The van der Waals surface area contributed by atoms with Crippen LogP contribution in [0.3, 0.4) is 0 Å². The molecule has 1 amide bonds. The van der Waals surface area contributed by atoms with Crippen LogP contribution in [0.2, 0.25) is 0 Å². The SMILES string of the molecule is N#Cc1ccc(CN2CCCN(C(=O)CCc3ccc(S(=O)(=O)N4CCCCC4)cc3)CC2)cc1. The Morgan fingerprint density at radius 3 is 2.17 bits per heavy atom. The van der Waals surface area contributed by atoms with Crippen molar-refractivity contribution in [2.75, 3.05) is 39.3 Å². The summed E-state index contributed by atoms with van der Waals surface area (Å²) in [4.78, 5) is 17.5. The topological polar surface area (TPSA) is 84.7 Å². The standard InChI is InChI=1S/C27H34N4O3S/c28-21-24-5-7-25(8-6-24)22-29-15-4-16-30(20-19-29)27(32)14-11-23-9-12-26(13-10-23)35(33,34)31-17-2-1-3-18-31/h5-10,12-13H,1-4,11,14-20,22H2. The molecule has 7 nitrogen and oxygen atoms in total. The molecule has 4 rings (SSSR count). The minimum Gasteiger partial charge on any atom is -0.341 e. The van der Waals surface area contributed by atoms with Gasteiger partial charge in [0, 0.05) is 52.2 Å². The van der Waals surface area contributed by atoms with E-state index in [1.807, 2.05) is 41.3 Å². The number of nitrogens with zero attached hydrogens (tertiary/aromatic N) is 4. The Labute approximate surface area is 209 Å². The Balaban J connectivity index is 1.25. The average Bonchev–Trinajstić information content (AvgIpc) is 3.14. The van der Waals surface area contributed by atoms with Gasteiger partial charge in [-0.3, -0.25) is 9.69 Å². The number of rotatable bonds is 7. The molecule has 0 atom stereocenters. The van der Waals surface area contributed by atoms with Gasteiger partial charge in [-0.25, -0.2) is 8.42 Å². The van der Waals surface area contributed by atoms with Gasteiger partial charge >= 0.3 is 0 Å². The summed E-state index contributed by atoms with van der Waals surface area (Å²) in [5.74, 6) is 0.148. The van der Waals surface area contributed by atoms with E-state index in [-0.39, 0.29) is 5.91 Å². The van der Waals surface area contributed by atoms with Gasteiger partial charge in [-0.05, 0) is 61.1 Å². The first-order chi connectivity index (χ1) is 17.0. The maximum Gasteiger partial charge on any atom is 0.243 e. The first-order valence-electron chi connectivity index (χ1n) is 12.5. The largest absolute Gasteiger partial charge is 0.341 e. The van der Waals surface area contributed by atoms with Crippen molar-refractivity contribution >= 4 is 15.9 Å². The second kappa shape index (κ2) is 11.8. The van der Waals surface area contributed by atoms with E-state index in [0.29, 0.717) is 42.9 Å². The molecule has 2 fully saturated rings. The highest BCUT2D eigenvalue weighted by Gasteiger charge is 2.26. The van der Waals surface area contributed by atoms with Crippen molar-refractivity contribution in [2.45, 2.75) is 50.0 Å². The number of carbonyl (C=O) groups excluding carboxylic acids is 1. The molecule has 0 unspecified atom stereocenters. The fraction of sp³-hybridized carbons (Fsp3) is 0.481. The lowest BCUT2D eigenvalue weighted by Gasteiger charge is -2.25. The molecule has 0 radical (unpaired) electrons. The lowest BCUT2D eigenvalue weighted by atomic mass is 10.1. The van der Waals surface area contributed by atoms with Gasteiger partial charge in [0.25, 0.3) is 0 Å². The molecule has 0 aromatic heterocycles. The highest BCUT2D eigenvalue weighted by molar-refractivity contribution is 7.89. The Hall–Kier alpha value is -2.73. The average molecular weight is 495 g/mol. The van der Waals surface area contributed by atoms with Crippen molar-refractivity contribution < 1.29 is 13.2 Å². The van der Waals surface area contributed by atoms with E-state index < -0.39 is 10.0 Å². The van der Waals surface area contributed by atoms with Crippen LogP contribution in [0.4, 0.5) is 0 Å². The maximum absolute atomic E-state index is 12.9. The van der Waals surface area contributed by atoms with Crippen molar-refractivity contribution in [3.8, 4) is 6.07 Å². The summed E-state index contributed by atoms with van der Waals surface area (Å²) in [6.45, 7) is 5.25. The molecule has 2 heterocycles. The molecule has 8 heteroatoms. The minimum absolute atomic E-state index is 0.148. The Morgan fingerprint density at radius 2 is 1.49 bits per heavy atom. The van der Waals surface area contributed by atoms with E-state index >= 15 is 0 Å². The number of sulfonamides is 1. The van der Waals surface area contributed by atoms with E-state index in [0.717, 1.165) is 57.4 Å². The summed E-state index contributed by atoms with van der Waals surface area (Å²) in [5, 5.41) is 8.95. The third-order valence-corrected chi connectivity index (χ3v) is 8.85. The van der Waals surface area contributed by atoms with E-state index in [4.69, 9.17) is 5.26 Å². The van der Waals surface area contributed by atoms with Gasteiger partial charge in [-0.1, -0.05) is 30.7 Å². The van der Waals surface area contributed by atoms with Crippen molar-refractivity contribution in [3.63, 3.8) is 0 Å². The predicted molar refractivity (Wildman–Crippen MR) is 135 cm³/mol. The first kappa shape index (κ1) is 25.4. The quantitative estimate of drug-likeness (QED) is 0.589. The summed E-state index contributed by atoms with van der Waals surface area (Å²) in [7, 11) is -3.42. The van der Waals surface area contributed by atoms with Gasteiger partial charge < -0.3 is 4.90 Å². The van der Waals surface area contributed by atoms with Crippen LogP contribution in [0, 0.1) is 11.3 Å². The van der Waals surface area contributed by atoms with Gasteiger partial charge in [0.15, 0.2) is 0 Å². The zero-order valence-corrected chi connectivity index (χ0v) is 21.0. The number of amides is 1. The molecule has 2 aromatic carbocycles. The number of hydrogen-bond donors (Lipinski definition) is 0. The summed E-state index contributed by atoms with van der Waals surface area (Å²) < 4.78 is 27.2. The molecule has 2 aliphatic rings. The maximum atomic E-state index is 12.9. The van der Waals surface area contributed by atoms with Crippen molar-refractivity contribution in [1.82, 2.24) is 14.1 Å². The van der Waals surface area contributed by atoms with Crippen LogP contribution in [0.1, 0.15) is 48.8 Å². The van der Waals surface area contributed by atoms with E-state index in [9.17, 15) is 13.2 Å². The van der Waals surface area contributed by atoms with Crippen LogP contribution in [0.25, 0.3) is 0 Å². The molecule has 0 bridgehead atoms. The lowest BCUT2D eigenvalue weighted by molar-refractivity contribution is -0.131. The van der Waals surface area contributed by atoms with Crippen LogP contribution >= 0.6 is 0 Å². The number of benzene rings is 2. The molecular formula is C27H34N4O3S. The van der Waals surface area contributed by atoms with Gasteiger partial charge in [0.05, 0.1) is 16.5 Å². The van der Waals surface area contributed by atoms with Gasteiger partial charge in [-0.2, -0.15) is 9.57 Å². The van der Waals surface area contributed by atoms with Crippen molar-refractivity contribution in [1.29, 1.82) is 5.26 Å². The van der Waals surface area contributed by atoms with Crippen molar-refractivity contribution in [3.05, 3.63) is 65.2 Å². The van der Waals surface area contributed by atoms with Crippen molar-refractivity contribution in [2.24, 2.45) is 0 Å². The van der Waals surface area contributed by atoms with Crippen LogP contribution in [0.5, 0.6) is 0 Å². The summed E-state index contributed by atoms with van der Waals surface area (Å²) in [6.07, 6.45) is 4.89. The van der Waals surface area contributed by atoms with Gasteiger partial charge in [0.1, 0.15) is 0 Å². The monoisotopic (exact) mass is 494 g/mol. The molecule has 2 aliphatic heterocycles. The molecule has 186 valence electrons. The summed E-state index contributed by atoms with van der Waals surface area (Å²) in [6, 6.07) is 16.9. The lowest BCUT2D eigenvalue weighted by Crippen LogP contribution is -2.35. The summed E-state index contributed by atoms with van der Waals surface area (Å²) >= 11 is 0. The van der Waals surface area contributed by atoms with Crippen LogP contribution in [0.15, 0.2) is 53.4 Å². The van der Waals surface area contributed by atoms with Crippen LogP contribution in [-0.2, 0) is 27.8 Å². The fourth-order valence-corrected chi connectivity index (χ4v) is 6.33. The Morgan fingerprint density at radius 1 is 0.800 bits per heavy atom. The number of nitriles is 1. The molecule has 0 aliphatic carbocycles. The molecule has 0 N–H and O–H groups in total. The number of carbonyl (C=O) groups is 1. The summed E-state index contributed by atoms with van der Waals surface area (Å²) in [5.41, 5.74) is 2.82. The second-order valence-corrected chi connectivity index (χ2v) is 11.4. The normalized spacial score (nSPS) is 18.1. The molecule has 2 aromatic rings.